The zero-order chi connectivity index (χ0) is 14.0. The Morgan fingerprint density at radius 2 is 2.21 bits per heavy atom. The van der Waals surface area contributed by atoms with E-state index in [0.29, 0.717) is 23.2 Å². The Hall–Kier alpha value is -1.33. The fourth-order valence-electron chi connectivity index (χ4n) is 2.06. The van der Waals surface area contributed by atoms with Crippen LogP contribution in [0.15, 0.2) is 22.2 Å². The van der Waals surface area contributed by atoms with E-state index in [-0.39, 0.29) is 11.5 Å². The third kappa shape index (κ3) is 2.98. The Labute approximate surface area is 120 Å². The molecule has 0 bridgehead atoms. The molecule has 1 aromatic carbocycles. The average molecular weight is 326 g/mol. The van der Waals surface area contributed by atoms with E-state index in [4.69, 9.17) is 4.74 Å². The number of benzene rings is 1. The van der Waals surface area contributed by atoms with Crippen LogP contribution in [-0.4, -0.2) is 43.0 Å². The minimum Gasteiger partial charge on any atom is -0.503 e. The summed E-state index contributed by atoms with van der Waals surface area (Å²) in [6.45, 7) is 1.43. The number of likely N-dealkylation sites (tertiary alicyclic amines) is 1. The molecule has 1 aliphatic heterocycles. The summed E-state index contributed by atoms with van der Waals surface area (Å²) in [6, 6.07) is 3.50. The van der Waals surface area contributed by atoms with E-state index in [1.807, 2.05) is 19.2 Å². The number of phenolic OH excluding ortho intramolecular Hbond substituents is 1. The van der Waals surface area contributed by atoms with Crippen molar-refractivity contribution >= 4 is 27.8 Å². The molecule has 0 aliphatic carbocycles. The second kappa shape index (κ2) is 5.75. The maximum absolute atomic E-state index is 11.9. The van der Waals surface area contributed by atoms with Gasteiger partial charge < -0.3 is 14.7 Å². The smallest absolute Gasteiger partial charge is 0.172 e. The molecule has 2 rings (SSSR count). The van der Waals surface area contributed by atoms with E-state index in [2.05, 4.69) is 20.8 Å². The minimum absolute atomic E-state index is 0.0495. The van der Waals surface area contributed by atoms with Crippen molar-refractivity contribution in [3.63, 3.8) is 0 Å². The molecule has 0 spiro atoms. The van der Waals surface area contributed by atoms with Gasteiger partial charge in [-0.15, -0.1) is 0 Å². The molecule has 0 radical (unpaired) electrons. The van der Waals surface area contributed by atoms with Crippen LogP contribution in [0.1, 0.15) is 12.0 Å². The highest BCUT2D eigenvalue weighted by Gasteiger charge is 2.19. The summed E-state index contributed by atoms with van der Waals surface area (Å²) in [4.78, 5) is 14.0. The predicted molar refractivity (Wildman–Crippen MR) is 77.5 cm³/mol. The summed E-state index contributed by atoms with van der Waals surface area (Å²) in [7, 11) is 3.49. The van der Waals surface area contributed by atoms with Gasteiger partial charge in [0.25, 0.3) is 0 Å². The summed E-state index contributed by atoms with van der Waals surface area (Å²) in [5, 5.41) is 9.93. The number of phenols is 1. The first-order valence-electron chi connectivity index (χ1n) is 6.00. The highest BCUT2D eigenvalue weighted by Crippen LogP contribution is 2.37. The molecule has 1 aliphatic rings. The predicted octanol–water partition coefficient (Wildman–Crippen LogP) is 2.45. The monoisotopic (exact) mass is 325 g/mol. The summed E-state index contributed by atoms with van der Waals surface area (Å²) in [5.41, 5.74) is 1.54. The van der Waals surface area contributed by atoms with E-state index in [1.165, 1.54) is 7.11 Å². The number of likely N-dealkylation sites (N-methyl/N-ethyl adjacent to an activating group) is 1. The Morgan fingerprint density at radius 1 is 1.47 bits per heavy atom. The lowest BCUT2D eigenvalue weighted by Gasteiger charge is -2.23. The second-order valence-electron chi connectivity index (χ2n) is 4.60. The fraction of sp³-hybridized carbons (Fsp3) is 0.357. The van der Waals surface area contributed by atoms with E-state index >= 15 is 0 Å². The number of hydrogen-bond donors (Lipinski definition) is 1. The highest BCUT2D eigenvalue weighted by molar-refractivity contribution is 9.10. The summed E-state index contributed by atoms with van der Waals surface area (Å²) >= 11 is 3.33. The maximum Gasteiger partial charge on any atom is 0.172 e. The van der Waals surface area contributed by atoms with Crippen LogP contribution < -0.4 is 4.74 Å². The molecule has 1 saturated heterocycles. The highest BCUT2D eigenvalue weighted by atomic mass is 79.9. The van der Waals surface area contributed by atoms with Gasteiger partial charge in [-0.3, -0.25) is 4.79 Å². The normalized spacial score (nSPS) is 18.9. The summed E-state index contributed by atoms with van der Waals surface area (Å²) in [5.74, 6) is 0.620. The Morgan fingerprint density at radius 3 is 2.89 bits per heavy atom. The van der Waals surface area contributed by atoms with Crippen LogP contribution in [0.2, 0.25) is 0 Å². The standard InChI is InChI=1S/C14H16BrNO3/c1-16-6-5-11(17)10(8-16)7-9-3-4-12(19-2)14(18)13(9)15/h3-4,7,18H,5-6,8H2,1-2H3/b10-7+. The number of rotatable bonds is 2. The van der Waals surface area contributed by atoms with E-state index in [0.717, 1.165) is 17.7 Å². The molecule has 0 atom stereocenters. The van der Waals surface area contributed by atoms with Crippen molar-refractivity contribution < 1.29 is 14.6 Å². The SMILES string of the molecule is COc1ccc(/C=C2\CN(C)CCC2=O)c(Br)c1O. The maximum atomic E-state index is 11.9. The van der Waals surface area contributed by atoms with Crippen molar-refractivity contribution in [1.29, 1.82) is 0 Å². The topological polar surface area (TPSA) is 49.8 Å². The lowest BCUT2D eigenvalue weighted by molar-refractivity contribution is -0.117. The van der Waals surface area contributed by atoms with Crippen molar-refractivity contribution in [2.75, 3.05) is 27.2 Å². The molecule has 1 fully saturated rings. The van der Waals surface area contributed by atoms with Gasteiger partial charge in [0.1, 0.15) is 0 Å². The number of halogens is 1. The van der Waals surface area contributed by atoms with Gasteiger partial charge in [0, 0.05) is 25.1 Å². The molecule has 102 valence electrons. The van der Waals surface area contributed by atoms with Crippen LogP contribution in [0.3, 0.4) is 0 Å². The fourth-order valence-corrected chi connectivity index (χ4v) is 2.51. The number of ether oxygens (including phenoxy) is 1. The van der Waals surface area contributed by atoms with Crippen molar-refractivity contribution in [1.82, 2.24) is 4.90 Å². The van der Waals surface area contributed by atoms with E-state index in [1.54, 1.807) is 6.07 Å². The van der Waals surface area contributed by atoms with Crippen LogP contribution in [0, 0.1) is 0 Å². The van der Waals surface area contributed by atoms with Gasteiger partial charge in [-0.2, -0.15) is 0 Å². The third-order valence-corrected chi connectivity index (χ3v) is 4.01. The molecule has 19 heavy (non-hydrogen) atoms. The van der Waals surface area contributed by atoms with Crippen LogP contribution in [0.5, 0.6) is 11.5 Å². The molecule has 0 aromatic heterocycles. The van der Waals surface area contributed by atoms with Crippen molar-refractivity contribution in [3.05, 3.63) is 27.7 Å². The number of piperidine rings is 1. The number of carbonyl (C=O) groups excluding carboxylic acids is 1. The Kier molecular flexibility index (Phi) is 4.27. The number of Topliss-reactive ketones (excluding diaryl/α,β-unsaturated/α-hetero) is 1. The molecule has 1 N–H and O–H groups in total. The van der Waals surface area contributed by atoms with Crippen LogP contribution in [0.4, 0.5) is 0 Å². The van der Waals surface area contributed by atoms with Crippen LogP contribution in [-0.2, 0) is 4.79 Å². The first kappa shape index (κ1) is 14.1. The number of methoxy groups -OCH3 is 1. The second-order valence-corrected chi connectivity index (χ2v) is 5.39. The lowest BCUT2D eigenvalue weighted by Crippen LogP contribution is -2.32. The van der Waals surface area contributed by atoms with Gasteiger partial charge in [-0.25, -0.2) is 0 Å². The quantitative estimate of drug-likeness (QED) is 0.848. The van der Waals surface area contributed by atoms with E-state index in [9.17, 15) is 9.90 Å². The number of aromatic hydroxyl groups is 1. The largest absolute Gasteiger partial charge is 0.503 e. The molecular formula is C14H16BrNO3. The first-order chi connectivity index (χ1) is 9.02. The van der Waals surface area contributed by atoms with Gasteiger partial charge in [0.15, 0.2) is 17.3 Å². The number of hydrogen-bond acceptors (Lipinski definition) is 4. The van der Waals surface area contributed by atoms with Crippen LogP contribution in [0.25, 0.3) is 6.08 Å². The molecular weight excluding hydrogens is 310 g/mol. The van der Waals surface area contributed by atoms with Crippen molar-refractivity contribution in [3.8, 4) is 11.5 Å². The Bertz CT molecular complexity index is 540. The Balaban J connectivity index is 2.37. The summed E-state index contributed by atoms with van der Waals surface area (Å²) < 4.78 is 5.58. The molecule has 0 unspecified atom stereocenters. The van der Waals surface area contributed by atoms with Crippen LogP contribution >= 0.6 is 15.9 Å². The molecule has 4 nitrogen and oxygen atoms in total. The third-order valence-electron chi connectivity index (χ3n) is 3.18. The minimum atomic E-state index is 0.0495. The molecule has 1 aromatic rings. The number of ketones is 1. The van der Waals surface area contributed by atoms with Gasteiger partial charge in [0.05, 0.1) is 11.6 Å². The molecule has 5 heteroatoms. The van der Waals surface area contributed by atoms with Gasteiger partial charge in [0.2, 0.25) is 0 Å². The lowest BCUT2D eigenvalue weighted by atomic mass is 10.0. The average Bonchev–Trinajstić information content (AvgIpc) is 2.39. The number of nitrogens with zero attached hydrogens (tertiary/aromatic N) is 1. The van der Waals surface area contributed by atoms with Gasteiger partial charge >= 0.3 is 0 Å². The summed E-state index contributed by atoms with van der Waals surface area (Å²) in [6.07, 6.45) is 2.36. The molecule has 0 saturated carbocycles. The molecule has 0 amide bonds. The first-order valence-corrected chi connectivity index (χ1v) is 6.80. The van der Waals surface area contributed by atoms with Crippen molar-refractivity contribution in [2.45, 2.75) is 6.42 Å². The molecule has 1 heterocycles. The van der Waals surface area contributed by atoms with Crippen molar-refractivity contribution in [2.24, 2.45) is 0 Å². The van der Waals surface area contributed by atoms with Gasteiger partial charge in [-0.1, -0.05) is 0 Å². The zero-order valence-corrected chi connectivity index (χ0v) is 12.5. The number of carbonyl (C=O) groups is 1. The zero-order valence-electron chi connectivity index (χ0n) is 10.9. The van der Waals surface area contributed by atoms with Gasteiger partial charge in [-0.05, 0) is 46.7 Å². The van der Waals surface area contributed by atoms with E-state index < -0.39 is 0 Å².